The average molecular weight is 345 g/mol. The molecule has 2 fully saturated rings. The first-order valence-corrected chi connectivity index (χ1v) is 9.66. The molecule has 0 bridgehead atoms. The van der Waals surface area contributed by atoms with Crippen molar-refractivity contribution >= 4 is 5.91 Å². The molecule has 1 aromatic heterocycles. The summed E-state index contributed by atoms with van der Waals surface area (Å²) in [5, 5.41) is 0. The number of hydrogen-bond acceptors (Lipinski definition) is 4. The van der Waals surface area contributed by atoms with E-state index < -0.39 is 0 Å². The Morgan fingerprint density at radius 2 is 2.04 bits per heavy atom. The van der Waals surface area contributed by atoms with Gasteiger partial charge in [-0.1, -0.05) is 18.9 Å². The number of aromatic nitrogens is 1. The number of hydrogen-bond donors (Lipinski definition) is 0. The van der Waals surface area contributed by atoms with Gasteiger partial charge in [0.05, 0.1) is 0 Å². The number of likely N-dealkylation sites (tertiary alicyclic amines) is 1. The second-order valence-corrected chi connectivity index (χ2v) is 7.49. The van der Waals surface area contributed by atoms with Crippen LogP contribution < -0.4 is 0 Å². The Hall–Kier alpha value is -1.46. The van der Waals surface area contributed by atoms with Gasteiger partial charge in [-0.3, -0.25) is 9.78 Å². The maximum absolute atomic E-state index is 12.5. The van der Waals surface area contributed by atoms with E-state index in [0.29, 0.717) is 12.5 Å². The molecule has 138 valence electrons. The molecule has 0 atom stereocenters. The molecule has 2 heterocycles. The van der Waals surface area contributed by atoms with Gasteiger partial charge in [-0.25, -0.2) is 0 Å². The predicted molar refractivity (Wildman–Crippen MR) is 98.1 cm³/mol. The van der Waals surface area contributed by atoms with Crippen LogP contribution >= 0.6 is 0 Å². The van der Waals surface area contributed by atoms with Crippen molar-refractivity contribution in [2.75, 3.05) is 33.4 Å². The number of pyridine rings is 1. The van der Waals surface area contributed by atoms with Crippen molar-refractivity contribution in [2.45, 2.75) is 51.1 Å². The van der Waals surface area contributed by atoms with Gasteiger partial charge in [0.25, 0.3) is 0 Å². The number of nitrogens with zero attached hydrogens (tertiary/aromatic N) is 3. The lowest BCUT2D eigenvalue weighted by atomic mass is 9.94. The summed E-state index contributed by atoms with van der Waals surface area (Å²) < 4.78 is 5.08. The molecule has 0 spiro atoms. The Morgan fingerprint density at radius 3 is 2.68 bits per heavy atom. The Labute approximate surface area is 151 Å². The third kappa shape index (κ3) is 5.25. The fraction of sp³-hybridized carbons (Fsp3) is 0.700. The van der Waals surface area contributed by atoms with Gasteiger partial charge in [-0.05, 0) is 56.3 Å². The van der Waals surface area contributed by atoms with Gasteiger partial charge in [0.2, 0.25) is 5.91 Å². The van der Waals surface area contributed by atoms with Crippen LogP contribution in [0.2, 0.25) is 0 Å². The van der Waals surface area contributed by atoms with Crippen molar-refractivity contribution in [2.24, 2.45) is 5.92 Å². The van der Waals surface area contributed by atoms with E-state index in [1.54, 1.807) is 13.3 Å². The van der Waals surface area contributed by atoms with Crippen molar-refractivity contribution in [1.29, 1.82) is 0 Å². The molecule has 1 amide bonds. The van der Waals surface area contributed by atoms with E-state index in [1.807, 2.05) is 23.2 Å². The van der Waals surface area contributed by atoms with Crippen LogP contribution in [0.5, 0.6) is 0 Å². The predicted octanol–water partition coefficient (Wildman–Crippen LogP) is 2.71. The van der Waals surface area contributed by atoms with E-state index in [4.69, 9.17) is 4.74 Å². The Balaban J connectivity index is 1.54. The molecule has 0 aromatic carbocycles. The van der Waals surface area contributed by atoms with E-state index in [-0.39, 0.29) is 12.5 Å². The quantitative estimate of drug-likeness (QED) is 0.762. The molecule has 5 heteroatoms. The number of rotatable bonds is 7. The number of ether oxygens (including phenoxy) is 1. The van der Waals surface area contributed by atoms with Crippen molar-refractivity contribution in [3.05, 3.63) is 30.1 Å². The van der Waals surface area contributed by atoms with Gasteiger partial charge in [0.15, 0.2) is 0 Å². The maximum Gasteiger partial charge on any atom is 0.248 e. The van der Waals surface area contributed by atoms with E-state index in [2.05, 4.69) is 9.88 Å². The molecule has 1 aromatic rings. The molecule has 0 N–H and O–H groups in total. The minimum atomic E-state index is 0.0737. The van der Waals surface area contributed by atoms with E-state index in [1.165, 1.54) is 51.6 Å². The summed E-state index contributed by atoms with van der Waals surface area (Å²) in [6.07, 6.45) is 11.6. The summed E-state index contributed by atoms with van der Waals surface area (Å²) in [6, 6.07) is 4.78. The number of piperidine rings is 1. The molecule has 25 heavy (non-hydrogen) atoms. The Bertz CT molecular complexity index is 523. The Kier molecular flexibility index (Phi) is 6.82. The molecule has 5 nitrogen and oxygen atoms in total. The first-order chi connectivity index (χ1) is 12.3. The van der Waals surface area contributed by atoms with Gasteiger partial charge in [0, 0.05) is 38.6 Å². The van der Waals surface area contributed by atoms with Gasteiger partial charge in [-0.2, -0.15) is 0 Å². The smallest absolute Gasteiger partial charge is 0.248 e. The second kappa shape index (κ2) is 9.30. The summed E-state index contributed by atoms with van der Waals surface area (Å²) in [4.78, 5) is 21.3. The molecular weight excluding hydrogens is 314 g/mol. The summed E-state index contributed by atoms with van der Waals surface area (Å²) >= 11 is 0. The third-order valence-corrected chi connectivity index (χ3v) is 5.69. The highest BCUT2D eigenvalue weighted by Gasteiger charge is 2.28. The fourth-order valence-corrected chi connectivity index (χ4v) is 4.26. The highest BCUT2D eigenvalue weighted by atomic mass is 16.5. The van der Waals surface area contributed by atoms with Crippen LogP contribution in [-0.4, -0.2) is 60.1 Å². The number of carbonyl (C=O) groups excluding carboxylic acids is 1. The summed E-state index contributed by atoms with van der Waals surface area (Å²) in [7, 11) is 1.58. The van der Waals surface area contributed by atoms with Crippen LogP contribution in [0.3, 0.4) is 0 Å². The van der Waals surface area contributed by atoms with Gasteiger partial charge in [0.1, 0.15) is 6.61 Å². The fourth-order valence-electron chi connectivity index (χ4n) is 4.26. The van der Waals surface area contributed by atoms with Gasteiger partial charge >= 0.3 is 0 Å². The third-order valence-electron chi connectivity index (χ3n) is 5.69. The van der Waals surface area contributed by atoms with Gasteiger partial charge < -0.3 is 14.5 Å². The lowest BCUT2D eigenvalue weighted by Crippen LogP contribution is -2.44. The summed E-state index contributed by atoms with van der Waals surface area (Å²) in [5.41, 5.74) is 1.08. The first kappa shape index (κ1) is 18.3. The van der Waals surface area contributed by atoms with Crippen LogP contribution in [0.25, 0.3) is 0 Å². The van der Waals surface area contributed by atoms with Crippen molar-refractivity contribution < 1.29 is 9.53 Å². The minimum absolute atomic E-state index is 0.0737. The normalized spacial score (nSPS) is 20.0. The molecule has 1 aliphatic carbocycles. The van der Waals surface area contributed by atoms with Crippen LogP contribution in [0.1, 0.15) is 44.1 Å². The second-order valence-electron chi connectivity index (χ2n) is 7.49. The van der Waals surface area contributed by atoms with Crippen LogP contribution in [-0.2, 0) is 16.1 Å². The standard InChI is InChI=1S/C20H31N3O2/c1-25-16-20(24)23(15-18-5-4-10-21-13-18)14-17-8-11-22(12-9-17)19-6-2-3-7-19/h4-5,10,13,17,19H,2-3,6-9,11-12,14-16H2,1H3. The molecule has 0 radical (unpaired) electrons. The minimum Gasteiger partial charge on any atom is -0.375 e. The molecular formula is C20H31N3O2. The SMILES string of the molecule is COCC(=O)N(Cc1cccnc1)CC1CCN(C2CCCC2)CC1. The zero-order chi connectivity index (χ0) is 17.5. The summed E-state index contributed by atoms with van der Waals surface area (Å²) in [6.45, 7) is 3.98. The van der Waals surface area contributed by atoms with Crippen LogP contribution in [0.4, 0.5) is 0 Å². The van der Waals surface area contributed by atoms with Gasteiger partial charge in [-0.15, -0.1) is 0 Å². The number of carbonyl (C=O) groups is 1. The maximum atomic E-state index is 12.5. The molecule has 1 saturated carbocycles. The first-order valence-electron chi connectivity index (χ1n) is 9.66. The van der Waals surface area contributed by atoms with Crippen LogP contribution in [0, 0.1) is 5.92 Å². The summed E-state index contributed by atoms with van der Waals surface area (Å²) in [5.74, 6) is 0.666. The Morgan fingerprint density at radius 1 is 1.28 bits per heavy atom. The zero-order valence-corrected chi connectivity index (χ0v) is 15.4. The monoisotopic (exact) mass is 345 g/mol. The van der Waals surface area contributed by atoms with Crippen molar-refractivity contribution in [1.82, 2.24) is 14.8 Å². The van der Waals surface area contributed by atoms with Crippen LogP contribution in [0.15, 0.2) is 24.5 Å². The average Bonchev–Trinajstić information content (AvgIpc) is 3.17. The highest BCUT2D eigenvalue weighted by molar-refractivity contribution is 5.77. The zero-order valence-electron chi connectivity index (χ0n) is 15.4. The van der Waals surface area contributed by atoms with Crippen molar-refractivity contribution in [3.8, 4) is 0 Å². The lowest BCUT2D eigenvalue weighted by molar-refractivity contribution is -0.136. The van der Waals surface area contributed by atoms with E-state index in [0.717, 1.165) is 18.2 Å². The topological polar surface area (TPSA) is 45.7 Å². The molecule has 0 unspecified atom stereocenters. The number of methoxy groups -OCH3 is 1. The largest absolute Gasteiger partial charge is 0.375 e. The molecule has 1 aliphatic heterocycles. The highest BCUT2D eigenvalue weighted by Crippen LogP contribution is 2.28. The molecule has 1 saturated heterocycles. The molecule has 3 rings (SSSR count). The van der Waals surface area contributed by atoms with Crippen molar-refractivity contribution in [3.63, 3.8) is 0 Å². The van der Waals surface area contributed by atoms with E-state index in [9.17, 15) is 4.79 Å². The molecule has 2 aliphatic rings. The lowest BCUT2D eigenvalue weighted by Gasteiger charge is -2.37. The number of amides is 1. The van der Waals surface area contributed by atoms with E-state index >= 15 is 0 Å².